The molecular weight excluding hydrogens is 501 g/mol. The van der Waals surface area contributed by atoms with Crippen LogP contribution in [0.2, 0.25) is 5.02 Å². The first-order valence-corrected chi connectivity index (χ1v) is 12.4. The fraction of sp³-hybridized carbons (Fsp3) is 0.240. The monoisotopic (exact) mass is 524 g/mol. The summed E-state index contributed by atoms with van der Waals surface area (Å²) in [5.41, 5.74) is 1.16. The summed E-state index contributed by atoms with van der Waals surface area (Å²) >= 11 is 5.73. The molecule has 10 heteroatoms. The van der Waals surface area contributed by atoms with Gasteiger partial charge >= 0.3 is 6.18 Å². The number of rotatable bonds is 7. The Morgan fingerprint density at radius 1 is 0.914 bits per heavy atom. The number of halogens is 4. The fourth-order valence-electron chi connectivity index (χ4n) is 3.34. The van der Waals surface area contributed by atoms with E-state index >= 15 is 0 Å². The van der Waals surface area contributed by atoms with Gasteiger partial charge in [0.2, 0.25) is 5.91 Å². The zero-order chi connectivity index (χ0) is 26.0. The minimum absolute atomic E-state index is 0.152. The average Bonchev–Trinajstić information content (AvgIpc) is 2.78. The molecule has 0 saturated heterocycles. The molecule has 0 spiro atoms. The minimum atomic E-state index is -4.81. The lowest BCUT2D eigenvalue weighted by molar-refractivity contribution is -0.137. The van der Waals surface area contributed by atoms with Gasteiger partial charge in [-0.3, -0.25) is 9.10 Å². The van der Waals surface area contributed by atoms with Crippen LogP contribution in [0.1, 0.15) is 22.3 Å². The number of amides is 1. The smallest absolute Gasteiger partial charge is 0.340 e. The first-order chi connectivity index (χ1) is 16.3. The van der Waals surface area contributed by atoms with Gasteiger partial charge in [-0.05, 0) is 49.7 Å². The Morgan fingerprint density at radius 2 is 1.46 bits per heavy atom. The molecule has 1 amide bonds. The van der Waals surface area contributed by atoms with Crippen molar-refractivity contribution >= 4 is 33.2 Å². The van der Waals surface area contributed by atoms with Crippen molar-refractivity contribution in [2.75, 3.05) is 17.9 Å². The van der Waals surface area contributed by atoms with Gasteiger partial charge in [0.05, 0.1) is 21.2 Å². The largest absolute Gasteiger partial charge is 0.417 e. The van der Waals surface area contributed by atoms with Crippen molar-refractivity contribution in [1.82, 2.24) is 4.90 Å². The van der Waals surface area contributed by atoms with Crippen molar-refractivity contribution in [2.24, 2.45) is 0 Å². The van der Waals surface area contributed by atoms with Crippen molar-refractivity contribution in [2.45, 2.75) is 31.5 Å². The van der Waals surface area contributed by atoms with Crippen LogP contribution < -0.4 is 4.31 Å². The predicted octanol–water partition coefficient (Wildman–Crippen LogP) is 5.83. The number of aryl methyl sites for hydroxylation is 2. The second kappa shape index (κ2) is 10.3. The Hall–Kier alpha value is -3.04. The third kappa shape index (κ3) is 6.35. The first kappa shape index (κ1) is 26.6. The molecule has 0 bridgehead atoms. The molecule has 35 heavy (non-hydrogen) atoms. The van der Waals surface area contributed by atoms with E-state index in [0.717, 1.165) is 28.8 Å². The molecule has 0 unspecified atom stereocenters. The van der Waals surface area contributed by atoms with Crippen LogP contribution in [0.5, 0.6) is 0 Å². The highest BCUT2D eigenvalue weighted by Crippen LogP contribution is 2.38. The van der Waals surface area contributed by atoms with Crippen molar-refractivity contribution in [1.29, 1.82) is 0 Å². The number of sulfonamides is 1. The Kier molecular flexibility index (Phi) is 7.81. The van der Waals surface area contributed by atoms with Crippen molar-refractivity contribution < 1.29 is 26.4 Å². The number of anilines is 1. The standard InChI is InChI=1S/C25H24ClF3N2O3S/c1-17-4-8-19(9-5-17)15-30(3)24(32)16-31(35(33,34)21-11-6-18(2)7-12-21)20-10-13-23(26)22(14-20)25(27,28)29/h4-14H,15-16H2,1-3H3. The molecule has 3 rings (SSSR count). The van der Waals surface area contributed by atoms with Crippen LogP contribution >= 0.6 is 11.6 Å². The van der Waals surface area contributed by atoms with Gasteiger partial charge in [-0.25, -0.2) is 8.42 Å². The molecule has 0 N–H and O–H groups in total. The molecule has 0 atom stereocenters. The topological polar surface area (TPSA) is 57.7 Å². The zero-order valence-electron chi connectivity index (χ0n) is 19.3. The summed E-state index contributed by atoms with van der Waals surface area (Å²) in [5.74, 6) is -0.593. The fourth-order valence-corrected chi connectivity index (χ4v) is 4.97. The quantitative estimate of drug-likeness (QED) is 0.391. The molecule has 186 valence electrons. The van der Waals surface area contributed by atoms with Gasteiger partial charge < -0.3 is 4.90 Å². The van der Waals surface area contributed by atoms with Crippen LogP contribution in [0.15, 0.2) is 71.6 Å². The van der Waals surface area contributed by atoms with Crippen LogP contribution in [0, 0.1) is 13.8 Å². The summed E-state index contributed by atoms with van der Waals surface area (Å²) in [4.78, 5) is 14.2. The van der Waals surface area contributed by atoms with Crippen LogP contribution in [-0.2, 0) is 27.5 Å². The number of hydrogen-bond donors (Lipinski definition) is 0. The second-order valence-corrected chi connectivity index (χ2v) is 10.5. The molecule has 3 aromatic carbocycles. The molecule has 0 aliphatic rings. The normalized spacial score (nSPS) is 11.9. The molecule has 3 aromatic rings. The zero-order valence-corrected chi connectivity index (χ0v) is 20.9. The van der Waals surface area contributed by atoms with Crippen LogP contribution in [0.4, 0.5) is 18.9 Å². The summed E-state index contributed by atoms with van der Waals surface area (Å²) < 4.78 is 68.1. The van der Waals surface area contributed by atoms with E-state index < -0.39 is 39.2 Å². The Morgan fingerprint density at radius 3 is 2.00 bits per heavy atom. The molecule has 5 nitrogen and oxygen atoms in total. The van der Waals surface area contributed by atoms with E-state index in [1.807, 2.05) is 31.2 Å². The van der Waals surface area contributed by atoms with Crippen molar-refractivity contribution in [3.8, 4) is 0 Å². The second-order valence-electron chi connectivity index (χ2n) is 8.22. The molecule has 0 heterocycles. The van der Waals surface area contributed by atoms with E-state index in [4.69, 9.17) is 11.6 Å². The van der Waals surface area contributed by atoms with Gasteiger partial charge in [0.25, 0.3) is 10.0 Å². The number of alkyl halides is 3. The number of nitrogens with zero attached hydrogens (tertiary/aromatic N) is 2. The third-order valence-corrected chi connectivity index (χ3v) is 7.51. The number of carbonyl (C=O) groups excluding carboxylic acids is 1. The van der Waals surface area contributed by atoms with Crippen molar-refractivity contribution in [3.63, 3.8) is 0 Å². The first-order valence-electron chi connectivity index (χ1n) is 10.5. The summed E-state index contributed by atoms with van der Waals surface area (Å²) in [7, 11) is -2.88. The van der Waals surface area contributed by atoms with Gasteiger partial charge in [0, 0.05) is 13.6 Å². The lowest BCUT2D eigenvalue weighted by Gasteiger charge is -2.27. The molecule has 0 saturated carbocycles. The van der Waals surface area contributed by atoms with Gasteiger partial charge in [-0.15, -0.1) is 0 Å². The van der Waals surface area contributed by atoms with E-state index in [0.29, 0.717) is 10.4 Å². The van der Waals surface area contributed by atoms with E-state index in [2.05, 4.69) is 0 Å². The Bertz CT molecular complexity index is 1310. The lowest BCUT2D eigenvalue weighted by Crippen LogP contribution is -2.41. The molecule has 0 aliphatic carbocycles. The number of benzene rings is 3. The number of carbonyl (C=O) groups is 1. The number of likely N-dealkylation sites (N-methyl/N-ethyl adjacent to an activating group) is 1. The highest BCUT2D eigenvalue weighted by Gasteiger charge is 2.35. The molecule has 0 aliphatic heterocycles. The van der Waals surface area contributed by atoms with E-state index in [9.17, 15) is 26.4 Å². The van der Waals surface area contributed by atoms with Gasteiger partial charge in [0.15, 0.2) is 0 Å². The van der Waals surface area contributed by atoms with Gasteiger partial charge in [0.1, 0.15) is 6.54 Å². The Balaban J connectivity index is 2.00. The molecule has 0 aromatic heterocycles. The van der Waals surface area contributed by atoms with E-state index in [-0.39, 0.29) is 17.1 Å². The highest BCUT2D eigenvalue weighted by molar-refractivity contribution is 7.92. The summed E-state index contributed by atoms with van der Waals surface area (Å²) in [6.45, 7) is 3.20. The number of hydrogen-bond acceptors (Lipinski definition) is 3. The van der Waals surface area contributed by atoms with Crippen molar-refractivity contribution in [3.05, 3.63) is 94.0 Å². The van der Waals surface area contributed by atoms with Crippen LogP contribution in [0.3, 0.4) is 0 Å². The SMILES string of the molecule is Cc1ccc(CN(C)C(=O)CN(c2ccc(Cl)c(C(F)(F)F)c2)S(=O)(=O)c2ccc(C)cc2)cc1. The van der Waals surface area contributed by atoms with E-state index in [1.54, 1.807) is 19.1 Å². The average molecular weight is 525 g/mol. The highest BCUT2D eigenvalue weighted by atomic mass is 35.5. The third-order valence-electron chi connectivity index (χ3n) is 5.40. The maximum atomic E-state index is 13.5. The summed E-state index contributed by atoms with van der Waals surface area (Å²) in [6.07, 6.45) is -4.81. The summed E-state index contributed by atoms with van der Waals surface area (Å²) in [5, 5.41) is -0.572. The maximum Gasteiger partial charge on any atom is 0.417 e. The minimum Gasteiger partial charge on any atom is -0.340 e. The van der Waals surface area contributed by atoms with E-state index in [1.165, 1.54) is 24.1 Å². The van der Waals surface area contributed by atoms with Crippen LogP contribution in [-0.4, -0.2) is 32.8 Å². The summed E-state index contributed by atoms with van der Waals surface area (Å²) in [6, 6.07) is 16.0. The van der Waals surface area contributed by atoms with Gasteiger partial charge in [-0.1, -0.05) is 59.1 Å². The maximum absolute atomic E-state index is 13.5. The molecular formula is C25H24ClF3N2O3S. The Labute approximate surface area is 207 Å². The van der Waals surface area contributed by atoms with Gasteiger partial charge in [-0.2, -0.15) is 13.2 Å². The lowest BCUT2D eigenvalue weighted by atomic mass is 10.1. The molecule has 0 radical (unpaired) electrons. The predicted molar refractivity (Wildman–Crippen MR) is 130 cm³/mol. The van der Waals surface area contributed by atoms with Crippen LogP contribution in [0.25, 0.3) is 0 Å². The molecule has 0 fully saturated rings.